The van der Waals surface area contributed by atoms with Gasteiger partial charge in [-0.15, -0.1) is 0 Å². The van der Waals surface area contributed by atoms with Crippen LogP contribution in [0.3, 0.4) is 0 Å². The summed E-state index contributed by atoms with van der Waals surface area (Å²) in [7, 11) is 0. The molecule has 1 atom stereocenters. The fraction of sp³-hybridized carbons (Fsp3) is 0.258. The lowest BCUT2D eigenvalue weighted by atomic mass is 10.0. The number of likely N-dealkylation sites (tertiary alicyclic amines) is 1. The van der Waals surface area contributed by atoms with Gasteiger partial charge in [0.2, 0.25) is 5.91 Å². The summed E-state index contributed by atoms with van der Waals surface area (Å²) in [6.45, 7) is 2.46. The Labute approximate surface area is 215 Å². The third-order valence-electron chi connectivity index (χ3n) is 7.87. The molecule has 2 fully saturated rings. The molecule has 2 aliphatic rings. The fourth-order valence-corrected chi connectivity index (χ4v) is 5.68. The number of H-pyrrole nitrogens is 1. The highest BCUT2D eigenvalue weighted by Crippen LogP contribution is 2.34. The monoisotopic (exact) mass is 485 g/mol. The minimum absolute atomic E-state index is 0.268. The van der Waals surface area contributed by atoms with Crippen molar-refractivity contribution in [1.82, 2.24) is 19.4 Å². The Bertz CT molecular complexity index is 1680. The molecule has 7 rings (SSSR count). The number of fused-ring (bicyclic) bond motifs is 2. The molecule has 1 saturated carbocycles. The van der Waals surface area contributed by atoms with E-state index in [0.717, 1.165) is 72.4 Å². The van der Waals surface area contributed by atoms with Crippen molar-refractivity contribution in [1.29, 1.82) is 5.26 Å². The summed E-state index contributed by atoms with van der Waals surface area (Å²) in [5.41, 5.74) is 6.99. The normalized spacial score (nSPS) is 17.5. The number of hydrogen-bond acceptors (Lipinski definition) is 3. The second-order valence-corrected chi connectivity index (χ2v) is 10.4. The zero-order valence-electron chi connectivity index (χ0n) is 20.5. The van der Waals surface area contributed by atoms with Crippen LogP contribution in [0.5, 0.6) is 0 Å². The Balaban J connectivity index is 1.22. The van der Waals surface area contributed by atoms with Crippen molar-refractivity contribution in [2.45, 2.75) is 25.8 Å². The summed E-state index contributed by atoms with van der Waals surface area (Å²) in [6.07, 6.45) is 5.07. The van der Waals surface area contributed by atoms with Gasteiger partial charge in [-0.2, -0.15) is 5.26 Å². The smallest absolute Gasteiger partial charge is 0.225 e. The first-order valence-electron chi connectivity index (χ1n) is 13.0. The Kier molecular flexibility index (Phi) is 5.10. The van der Waals surface area contributed by atoms with E-state index in [-0.39, 0.29) is 5.92 Å². The molecule has 6 nitrogen and oxygen atoms in total. The summed E-state index contributed by atoms with van der Waals surface area (Å²) in [6, 6.07) is 25.1. The third kappa shape index (κ3) is 3.97. The maximum Gasteiger partial charge on any atom is 0.225 e. The Morgan fingerprint density at radius 3 is 2.59 bits per heavy atom. The highest BCUT2D eigenvalue weighted by atomic mass is 16.2. The molecule has 1 amide bonds. The number of benzene rings is 3. The summed E-state index contributed by atoms with van der Waals surface area (Å²) in [5, 5.41) is 10.6. The van der Waals surface area contributed by atoms with Crippen LogP contribution in [0.2, 0.25) is 0 Å². The highest BCUT2D eigenvalue weighted by Gasteiger charge is 2.36. The van der Waals surface area contributed by atoms with Crippen LogP contribution in [0, 0.1) is 23.2 Å². The Morgan fingerprint density at radius 1 is 0.973 bits per heavy atom. The standard InChI is InChI=1S/C31H27N5O/c32-17-20-1-10-29-28(15-20)34-30(36(29)19-21-12-14-35(18-21)31(37)24-6-7-24)23-4-2-22(3-5-23)25-8-9-27-26(16-25)11-13-33-27/h1-5,8-11,13,15-16,21,24,33H,6-7,12,14,18-19H2/t21-/m0/s1. The van der Waals surface area contributed by atoms with Gasteiger partial charge in [-0.1, -0.05) is 30.3 Å². The average Bonchev–Trinajstić information content (AvgIpc) is 3.33. The highest BCUT2D eigenvalue weighted by molar-refractivity contribution is 5.86. The number of amides is 1. The van der Waals surface area contributed by atoms with E-state index in [0.29, 0.717) is 17.4 Å². The van der Waals surface area contributed by atoms with Gasteiger partial charge in [0.1, 0.15) is 5.82 Å². The zero-order valence-corrected chi connectivity index (χ0v) is 20.5. The molecule has 37 heavy (non-hydrogen) atoms. The lowest BCUT2D eigenvalue weighted by Crippen LogP contribution is -2.30. The second-order valence-electron chi connectivity index (χ2n) is 10.4. The second kappa shape index (κ2) is 8.63. The summed E-state index contributed by atoms with van der Waals surface area (Å²) in [4.78, 5) is 22.9. The molecule has 0 bridgehead atoms. The predicted molar refractivity (Wildman–Crippen MR) is 145 cm³/mol. The minimum Gasteiger partial charge on any atom is -0.361 e. The molecular formula is C31H27N5O. The molecule has 6 heteroatoms. The van der Waals surface area contributed by atoms with Gasteiger partial charge < -0.3 is 14.5 Å². The number of nitrogens with one attached hydrogen (secondary N) is 1. The van der Waals surface area contributed by atoms with Crippen molar-refractivity contribution in [2.24, 2.45) is 11.8 Å². The number of aromatic nitrogens is 3. The van der Waals surface area contributed by atoms with E-state index in [9.17, 15) is 10.1 Å². The van der Waals surface area contributed by atoms with Crippen LogP contribution in [-0.4, -0.2) is 38.4 Å². The van der Waals surface area contributed by atoms with E-state index < -0.39 is 0 Å². The topological polar surface area (TPSA) is 77.7 Å². The quantitative estimate of drug-likeness (QED) is 0.333. The van der Waals surface area contributed by atoms with Crippen molar-refractivity contribution >= 4 is 27.8 Å². The molecule has 1 aliphatic heterocycles. The molecule has 5 aromatic rings. The van der Waals surface area contributed by atoms with Gasteiger partial charge in [0.05, 0.1) is 22.7 Å². The van der Waals surface area contributed by atoms with Gasteiger partial charge >= 0.3 is 0 Å². The molecule has 2 aromatic heterocycles. The summed E-state index contributed by atoms with van der Waals surface area (Å²) < 4.78 is 2.28. The van der Waals surface area contributed by atoms with Crippen LogP contribution in [0.25, 0.3) is 44.5 Å². The van der Waals surface area contributed by atoms with E-state index in [1.54, 1.807) is 0 Å². The van der Waals surface area contributed by atoms with Crippen LogP contribution in [-0.2, 0) is 11.3 Å². The average molecular weight is 486 g/mol. The van der Waals surface area contributed by atoms with Crippen molar-refractivity contribution < 1.29 is 4.79 Å². The number of imidazole rings is 1. The fourth-order valence-electron chi connectivity index (χ4n) is 5.68. The zero-order chi connectivity index (χ0) is 24.9. The van der Waals surface area contributed by atoms with Gasteiger partial charge in [-0.25, -0.2) is 4.98 Å². The molecule has 0 unspecified atom stereocenters. The number of aromatic amines is 1. The minimum atomic E-state index is 0.268. The maximum absolute atomic E-state index is 12.6. The first-order valence-corrected chi connectivity index (χ1v) is 13.0. The number of nitriles is 1. The lowest BCUT2D eigenvalue weighted by Gasteiger charge is -2.18. The number of carbonyl (C=O) groups excluding carboxylic acids is 1. The van der Waals surface area contributed by atoms with Gasteiger partial charge in [0.15, 0.2) is 0 Å². The Morgan fingerprint density at radius 2 is 1.78 bits per heavy atom. The van der Waals surface area contributed by atoms with E-state index in [4.69, 9.17) is 4.98 Å². The number of nitrogens with zero attached hydrogens (tertiary/aromatic N) is 4. The molecule has 1 N–H and O–H groups in total. The molecular weight excluding hydrogens is 458 g/mol. The predicted octanol–water partition coefficient (Wildman–Crippen LogP) is 5.98. The van der Waals surface area contributed by atoms with Crippen LogP contribution in [0.1, 0.15) is 24.8 Å². The van der Waals surface area contributed by atoms with Crippen molar-refractivity contribution in [3.05, 3.63) is 78.5 Å². The number of carbonyl (C=O) groups is 1. The SMILES string of the molecule is N#Cc1ccc2c(c1)nc(-c1ccc(-c3ccc4[nH]ccc4c3)cc1)n2C[C@H]1CCN(C(=O)C2CC2)C1. The van der Waals surface area contributed by atoms with E-state index >= 15 is 0 Å². The first kappa shape index (κ1) is 21.9. The van der Waals surface area contributed by atoms with Crippen LogP contribution < -0.4 is 0 Å². The first-order chi connectivity index (χ1) is 18.2. The third-order valence-corrected chi connectivity index (χ3v) is 7.87. The largest absolute Gasteiger partial charge is 0.361 e. The van der Waals surface area contributed by atoms with Crippen molar-refractivity contribution in [3.63, 3.8) is 0 Å². The lowest BCUT2D eigenvalue weighted by molar-refractivity contribution is -0.131. The molecule has 3 aromatic carbocycles. The molecule has 1 aliphatic carbocycles. The van der Waals surface area contributed by atoms with Crippen LogP contribution in [0.15, 0.2) is 72.9 Å². The maximum atomic E-state index is 12.6. The molecule has 0 radical (unpaired) electrons. The Hall–Kier alpha value is -4.37. The van der Waals surface area contributed by atoms with Gasteiger partial charge in [-0.3, -0.25) is 4.79 Å². The molecule has 3 heterocycles. The van der Waals surface area contributed by atoms with E-state index in [2.05, 4.69) is 69.1 Å². The van der Waals surface area contributed by atoms with E-state index in [1.807, 2.05) is 24.4 Å². The number of hydrogen-bond donors (Lipinski definition) is 1. The van der Waals surface area contributed by atoms with Gasteiger partial charge in [0.25, 0.3) is 0 Å². The molecule has 0 spiro atoms. The van der Waals surface area contributed by atoms with Crippen LogP contribution in [0.4, 0.5) is 0 Å². The van der Waals surface area contributed by atoms with Gasteiger partial charge in [-0.05, 0) is 78.1 Å². The molecule has 1 saturated heterocycles. The number of rotatable bonds is 5. The van der Waals surface area contributed by atoms with Crippen LogP contribution >= 0.6 is 0 Å². The van der Waals surface area contributed by atoms with Gasteiger partial charge in [0, 0.05) is 42.8 Å². The summed E-state index contributed by atoms with van der Waals surface area (Å²) in [5.74, 6) is 1.90. The van der Waals surface area contributed by atoms with Crippen molar-refractivity contribution in [2.75, 3.05) is 13.1 Å². The summed E-state index contributed by atoms with van der Waals surface area (Å²) >= 11 is 0. The van der Waals surface area contributed by atoms with E-state index in [1.165, 1.54) is 10.9 Å². The molecule has 182 valence electrons. The van der Waals surface area contributed by atoms with Crippen molar-refractivity contribution in [3.8, 4) is 28.6 Å².